The van der Waals surface area contributed by atoms with Gasteiger partial charge in [-0.05, 0) is 24.8 Å². The van der Waals surface area contributed by atoms with Gasteiger partial charge >= 0.3 is 6.03 Å². The predicted molar refractivity (Wildman–Crippen MR) is 85.6 cm³/mol. The second-order valence-electron chi connectivity index (χ2n) is 6.30. The van der Waals surface area contributed by atoms with Gasteiger partial charge in [0.2, 0.25) is 11.8 Å². The highest BCUT2D eigenvalue weighted by molar-refractivity contribution is 6.14. The molecule has 1 aromatic rings. The SMILES string of the molecule is O=C1CC(=O)N(C2CCCCC2)C(=O)N1CCc1ccccc1. The normalized spacial score (nSPS) is 20.3. The van der Waals surface area contributed by atoms with Crippen LogP contribution >= 0.6 is 0 Å². The fourth-order valence-electron chi connectivity index (χ4n) is 3.46. The summed E-state index contributed by atoms with van der Waals surface area (Å²) in [7, 11) is 0. The van der Waals surface area contributed by atoms with Gasteiger partial charge in [0.25, 0.3) is 0 Å². The summed E-state index contributed by atoms with van der Waals surface area (Å²) in [6, 6.07) is 9.31. The molecule has 5 heteroatoms. The molecule has 0 aromatic heterocycles. The summed E-state index contributed by atoms with van der Waals surface area (Å²) in [6.45, 7) is 0.332. The maximum atomic E-state index is 12.7. The van der Waals surface area contributed by atoms with Gasteiger partial charge in [-0.25, -0.2) is 4.79 Å². The van der Waals surface area contributed by atoms with E-state index in [9.17, 15) is 14.4 Å². The largest absolute Gasteiger partial charge is 0.333 e. The first kappa shape index (κ1) is 15.7. The highest BCUT2D eigenvalue weighted by Gasteiger charge is 2.41. The Morgan fingerprint density at radius 2 is 1.61 bits per heavy atom. The van der Waals surface area contributed by atoms with Gasteiger partial charge in [-0.3, -0.25) is 19.4 Å². The fourth-order valence-corrected chi connectivity index (χ4v) is 3.46. The Bertz CT molecular complexity index is 594. The maximum absolute atomic E-state index is 12.7. The minimum absolute atomic E-state index is 0.0314. The second kappa shape index (κ2) is 6.94. The van der Waals surface area contributed by atoms with E-state index in [1.54, 1.807) is 0 Å². The van der Waals surface area contributed by atoms with Crippen LogP contribution in [0.15, 0.2) is 30.3 Å². The van der Waals surface area contributed by atoms with E-state index in [0.717, 1.165) is 37.7 Å². The minimum Gasteiger partial charge on any atom is -0.274 e. The first-order chi connectivity index (χ1) is 11.2. The van der Waals surface area contributed by atoms with Crippen LogP contribution in [0.5, 0.6) is 0 Å². The lowest BCUT2D eigenvalue weighted by atomic mass is 9.93. The molecule has 0 spiro atoms. The number of urea groups is 1. The van der Waals surface area contributed by atoms with Gasteiger partial charge in [0.15, 0.2) is 0 Å². The highest BCUT2D eigenvalue weighted by Crippen LogP contribution is 2.26. The summed E-state index contributed by atoms with van der Waals surface area (Å²) in [5, 5.41) is 0. The summed E-state index contributed by atoms with van der Waals surface area (Å²) in [5.41, 5.74) is 1.08. The Labute approximate surface area is 136 Å². The molecule has 1 aliphatic carbocycles. The van der Waals surface area contributed by atoms with E-state index in [2.05, 4.69) is 0 Å². The fraction of sp³-hybridized carbons (Fsp3) is 0.500. The van der Waals surface area contributed by atoms with Crippen LogP contribution in [-0.2, 0) is 16.0 Å². The third-order valence-corrected chi connectivity index (χ3v) is 4.72. The molecule has 1 heterocycles. The summed E-state index contributed by atoms with van der Waals surface area (Å²) >= 11 is 0. The van der Waals surface area contributed by atoms with E-state index < -0.39 is 6.03 Å². The Kier molecular flexibility index (Phi) is 4.74. The summed E-state index contributed by atoms with van der Waals surface area (Å²) < 4.78 is 0. The Morgan fingerprint density at radius 1 is 0.913 bits per heavy atom. The van der Waals surface area contributed by atoms with Crippen LogP contribution < -0.4 is 0 Å². The Balaban J connectivity index is 1.70. The molecule has 122 valence electrons. The second-order valence-corrected chi connectivity index (χ2v) is 6.30. The molecule has 2 aliphatic rings. The van der Waals surface area contributed by atoms with E-state index in [0.29, 0.717) is 13.0 Å². The molecule has 4 amide bonds. The molecule has 0 bridgehead atoms. The number of hydrogen-bond donors (Lipinski definition) is 0. The van der Waals surface area contributed by atoms with Crippen molar-refractivity contribution >= 4 is 17.8 Å². The average Bonchev–Trinajstić information content (AvgIpc) is 2.56. The number of barbiturate groups is 1. The van der Waals surface area contributed by atoms with Gasteiger partial charge in [0.05, 0.1) is 0 Å². The molecular formula is C18H22N2O3. The third-order valence-electron chi connectivity index (χ3n) is 4.72. The van der Waals surface area contributed by atoms with Crippen molar-refractivity contribution in [3.8, 4) is 0 Å². The molecule has 1 saturated carbocycles. The van der Waals surface area contributed by atoms with Crippen molar-refractivity contribution in [1.29, 1.82) is 0 Å². The van der Waals surface area contributed by atoms with Crippen molar-refractivity contribution in [2.75, 3.05) is 6.54 Å². The van der Waals surface area contributed by atoms with Gasteiger partial charge in [-0.1, -0.05) is 49.6 Å². The zero-order valence-corrected chi connectivity index (χ0v) is 13.2. The minimum atomic E-state index is -0.422. The molecule has 5 nitrogen and oxygen atoms in total. The van der Waals surface area contributed by atoms with Crippen LogP contribution in [-0.4, -0.2) is 40.2 Å². The lowest BCUT2D eigenvalue weighted by Gasteiger charge is -2.39. The van der Waals surface area contributed by atoms with Crippen LogP contribution in [0, 0.1) is 0 Å². The van der Waals surface area contributed by atoms with Gasteiger partial charge in [0.1, 0.15) is 6.42 Å². The quantitative estimate of drug-likeness (QED) is 0.803. The number of carbonyl (C=O) groups is 3. The number of imide groups is 2. The molecule has 0 N–H and O–H groups in total. The smallest absolute Gasteiger partial charge is 0.274 e. The van der Waals surface area contributed by atoms with E-state index >= 15 is 0 Å². The van der Waals surface area contributed by atoms with Gasteiger partial charge in [-0.2, -0.15) is 0 Å². The van der Waals surface area contributed by atoms with Gasteiger partial charge in [-0.15, -0.1) is 0 Å². The average molecular weight is 314 g/mol. The van der Waals surface area contributed by atoms with Crippen LogP contribution in [0.2, 0.25) is 0 Å². The van der Waals surface area contributed by atoms with Crippen LogP contribution in [0.3, 0.4) is 0 Å². The van der Waals surface area contributed by atoms with Gasteiger partial charge in [0, 0.05) is 12.6 Å². The van der Waals surface area contributed by atoms with Crippen molar-refractivity contribution in [1.82, 2.24) is 9.80 Å². The topological polar surface area (TPSA) is 57.7 Å². The van der Waals surface area contributed by atoms with Gasteiger partial charge < -0.3 is 0 Å². The number of benzene rings is 1. The number of nitrogens with zero attached hydrogens (tertiary/aromatic N) is 2. The lowest BCUT2D eigenvalue weighted by Crippen LogP contribution is -2.58. The van der Waals surface area contributed by atoms with E-state index in [-0.39, 0.29) is 24.3 Å². The predicted octanol–water partition coefficient (Wildman–Crippen LogP) is 2.74. The molecule has 1 aromatic carbocycles. The van der Waals surface area contributed by atoms with Crippen molar-refractivity contribution in [3.05, 3.63) is 35.9 Å². The Hall–Kier alpha value is -2.17. The monoisotopic (exact) mass is 314 g/mol. The number of rotatable bonds is 4. The molecule has 0 atom stereocenters. The zero-order valence-electron chi connectivity index (χ0n) is 13.2. The zero-order chi connectivity index (χ0) is 16.2. The molecule has 0 unspecified atom stereocenters. The van der Waals surface area contributed by atoms with E-state index in [1.807, 2.05) is 30.3 Å². The van der Waals surface area contributed by atoms with Crippen molar-refractivity contribution in [3.63, 3.8) is 0 Å². The van der Waals surface area contributed by atoms with Crippen LogP contribution in [0.25, 0.3) is 0 Å². The number of carbonyl (C=O) groups excluding carboxylic acids is 3. The molecule has 2 fully saturated rings. The lowest BCUT2D eigenvalue weighted by molar-refractivity contribution is -0.144. The van der Waals surface area contributed by atoms with Crippen molar-refractivity contribution in [2.24, 2.45) is 0 Å². The highest BCUT2D eigenvalue weighted by atomic mass is 16.2. The van der Waals surface area contributed by atoms with E-state index in [1.165, 1.54) is 9.80 Å². The maximum Gasteiger partial charge on any atom is 0.333 e. The van der Waals surface area contributed by atoms with Crippen LogP contribution in [0.4, 0.5) is 4.79 Å². The molecular weight excluding hydrogens is 292 g/mol. The molecule has 1 aliphatic heterocycles. The summed E-state index contributed by atoms with van der Waals surface area (Å²) in [4.78, 5) is 39.6. The first-order valence-corrected chi connectivity index (χ1v) is 8.37. The number of hydrogen-bond acceptors (Lipinski definition) is 3. The third kappa shape index (κ3) is 3.44. The summed E-state index contributed by atoms with van der Waals surface area (Å²) in [6.07, 6.45) is 5.39. The number of amides is 4. The molecule has 1 saturated heterocycles. The molecule has 0 radical (unpaired) electrons. The Morgan fingerprint density at radius 3 is 2.30 bits per heavy atom. The van der Waals surface area contributed by atoms with Crippen molar-refractivity contribution < 1.29 is 14.4 Å². The summed E-state index contributed by atoms with van der Waals surface area (Å²) in [5.74, 6) is -0.703. The standard InChI is InChI=1S/C18H22N2O3/c21-16-13-17(22)20(15-9-5-2-6-10-15)18(23)19(16)12-11-14-7-3-1-4-8-14/h1,3-4,7-8,15H,2,5-6,9-13H2. The van der Waals surface area contributed by atoms with E-state index in [4.69, 9.17) is 0 Å². The van der Waals surface area contributed by atoms with Crippen LogP contribution in [0.1, 0.15) is 44.1 Å². The first-order valence-electron chi connectivity index (χ1n) is 8.37. The molecule has 23 heavy (non-hydrogen) atoms. The van der Waals surface area contributed by atoms with Crippen molar-refractivity contribution in [2.45, 2.75) is 51.0 Å². The molecule has 3 rings (SSSR count).